The Kier molecular flexibility index (Phi) is 8.51. The number of aryl methyl sites for hydroxylation is 2. The van der Waals surface area contributed by atoms with Gasteiger partial charge in [0.15, 0.2) is 0 Å². The second kappa shape index (κ2) is 11.1. The first-order chi connectivity index (χ1) is 15.3. The minimum absolute atomic E-state index is 0.0226. The number of nitrogens with one attached hydrogen (secondary N) is 1. The second-order valence-corrected chi connectivity index (χ2v) is 10.1. The van der Waals surface area contributed by atoms with Crippen LogP contribution in [0.2, 0.25) is 0 Å². The van der Waals surface area contributed by atoms with E-state index in [1.54, 1.807) is 6.08 Å². The fourth-order valence-electron chi connectivity index (χ4n) is 2.87. The molecular formula is C25H19Br2IN2O2. The molecule has 3 aromatic rings. The van der Waals surface area contributed by atoms with Crippen molar-refractivity contribution >= 4 is 72.1 Å². The number of amides is 1. The number of hydrogen-bond acceptors (Lipinski definition) is 3. The van der Waals surface area contributed by atoms with Crippen molar-refractivity contribution in [3.63, 3.8) is 0 Å². The monoisotopic (exact) mass is 664 g/mol. The molecule has 0 aliphatic rings. The Labute approximate surface area is 218 Å². The summed E-state index contributed by atoms with van der Waals surface area (Å²) in [5.41, 5.74) is 4.67. The summed E-state index contributed by atoms with van der Waals surface area (Å²) in [5.74, 6) is 0.265. The van der Waals surface area contributed by atoms with E-state index in [2.05, 4.69) is 59.8 Å². The summed E-state index contributed by atoms with van der Waals surface area (Å²) in [5, 5.41) is 12.3. The van der Waals surface area contributed by atoms with E-state index in [1.807, 2.05) is 74.5 Å². The molecule has 0 saturated heterocycles. The highest BCUT2D eigenvalue weighted by Gasteiger charge is 2.13. The van der Waals surface area contributed by atoms with Crippen molar-refractivity contribution in [2.24, 2.45) is 0 Å². The van der Waals surface area contributed by atoms with E-state index in [1.165, 1.54) is 0 Å². The third-order valence-corrected chi connectivity index (χ3v) is 6.68. The number of benzene rings is 3. The molecule has 4 nitrogen and oxygen atoms in total. The first-order valence-corrected chi connectivity index (χ1v) is 12.3. The molecule has 0 spiro atoms. The molecule has 32 heavy (non-hydrogen) atoms. The zero-order valence-electron chi connectivity index (χ0n) is 17.4. The van der Waals surface area contributed by atoms with E-state index in [0.29, 0.717) is 18.0 Å². The Balaban J connectivity index is 1.77. The van der Waals surface area contributed by atoms with Gasteiger partial charge in [0, 0.05) is 10.2 Å². The van der Waals surface area contributed by atoms with E-state index in [0.717, 1.165) is 34.8 Å². The molecule has 0 heterocycles. The van der Waals surface area contributed by atoms with Crippen molar-refractivity contribution in [3.05, 3.63) is 94.9 Å². The van der Waals surface area contributed by atoms with Crippen molar-refractivity contribution in [1.29, 1.82) is 5.26 Å². The van der Waals surface area contributed by atoms with Crippen LogP contribution < -0.4 is 10.1 Å². The van der Waals surface area contributed by atoms with Gasteiger partial charge in [-0.1, -0.05) is 34.1 Å². The van der Waals surface area contributed by atoms with Crippen LogP contribution in [-0.2, 0) is 11.4 Å². The van der Waals surface area contributed by atoms with Gasteiger partial charge in [-0.25, -0.2) is 0 Å². The molecule has 0 saturated carbocycles. The van der Waals surface area contributed by atoms with Crippen LogP contribution in [0.1, 0.15) is 22.3 Å². The maximum absolute atomic E-state index is 12.6. The smallest absolute Gasteiger partial charge is 0.266 e. The standard InChI is InChI=1S/C25H19Br2IN2O2/c1-15-3-8-21(9-16(15)2)30-25(31)19(13-29)10-18-11-22(27)24(23(28)12-18)32-14-17-4-6-20(26)7-5-17/h3-12H,14H2,1-2H3,(H,30,31)/b19-10+. The molecule has 162 valence electrons. The van der Waals surface area contributed by atoms with Crippen LogP contribution in [0.5, 0.6) is 5.75 Å². The van der Waals surface area contributed by atoms with Crippen molar-refractivity contribution in [1.82, 2.24) is 0 Å². The maximum Gasteiger partial charge on any atom is 0.266 e. The van der Waals surface area contributed by atoms with Gasteiger partial charge in [0.2, 0.25) is 0 Å². The highest BCUT2D eigenvalue weighted by Crippen LogP contribution is 2.33. The summed E-state index contributed by atoms with van der Waals surface area (Å²) in [6, 6.07) is 19.3. The minimum atomic E-state index is -0.447. The summed E-state index contributed by atoms with van der Waals surface area (Å²) in [4.78, 5) is 12.6. The number of nitrogens with zero attached hydrogens (tertiary/aromatic N) is 1. The van der Waals surface area contributed by atoms with Gasteiger partial charge in [0.1, 0.15) is 24.0 Å². The number of nitriles is 1. The van der Waals surface area contributed by atoms with Crippen LogP contribution in [0.3, 0.4) is 0 Å². The molecule has 0 aliphatic carbocycles. The molecule has 7 heteroatoms. The van der Waals surface area contributed by atoms with Crippen LogP contribution in [0.4, 0.5) is 5.69 Å². The van der Waals surface area contributed by atoms with Crippen LogP contribution in [-0.4, -0.2) is 5.91 Å². The van der Waals surface area contributed by atoms with Gasteiger partial charge in [-0.15, -0.1) is 0 Å². The lowest BCUT2D eigenvalue weighted by atomic mass is 10.1. The molecule has 3 aromatic carbocycles. The molecule has 0 bridgehead atoms. The topological polar surface area (TPSA) is 62.1 Å². The molecule has 0 aromatic heterocycles. The lowest BCUT2D eigenvalue weighted by Gasteiger charge is -2.12. The predicted octanol–water partition coefficient (Wildman–Crippen LogP) is 7.56. The zero-order valence-corrected chi connectivity index (χ0v) is 22.7. The third-order valence-electron chi connectivity index (χ3n) is 4.76. The van der Waals surface area contributed by atoms with Crippen LogP contribution >= 0.6 is 54.5 Å². The summed E-state index contributed by atoms with van der Waals surface area (Å²) in [7, 11) is 0. The maximum atomic E-state index is 12.6. The average molecular weight is 666 g/mol. The Bertz CT molecular complexity index is 1210. The van der Waals surface area contributed by atoms with Crippen molar-refractivity contribution in [2.45, 2.75) is 20.5 Å². The summed E-state index contributed by atoms with van der Waals surface area (Å²) in [6.07, 6.45) is 1.57. The Morgan fingerprint density at radius 2 is 1.81 bits per heavy atom. The number of ether oxygens (including phenoxy) is 1. The van der Waals surface area contributed by atoms with Gasteiger partial charge >= 0.3 is 0 Å². The van der Waals surface area contributed by atoms with E-state index in [9.17, 15) is 10.1 Å². The SMILES string of the molecule is Cc1ccc(NC(=O)/C(C#N)=C/c2cc(Br)c(OCc3ccc(Br)cc3)c(I)c2)cc1C. The van der Waals surface area contributed by atoms with E-state index in [4.69, 9.17) is 4.74 Å². The van der Waals surface area contributed by atoms with Crippen LogP contribution in [0, 0.1) is 28.7 Å². The molecular weight excluding hydrogens is 647 g/mol. The third kappa shape index (κ3) is 6.44. The lowest BCUT2D eigenvalue weighted by Crippen LogP contribution is -2.13. The van der Waals surface area contributed by atoms with Crippen LogP contribution in [0.25, 0.3) is 6.08 Å². The Hall–Kier alpha value is -2.15. The Morgan fingerprint density at radius 3 is 2.44 bits per heavy atom. The summed E-state index contributed by atoms with van der Waals surface area (Å²) < 4.78 is 8.63. The fourth-order valence-corrected chi connectivity index (χ4v) is 4.90. The second-order valence-electron chi connectivity index (χ2n) is 7.15. The van der Waals surface area contributed by atoms with E-state index >= 15 is 0 Å². The molecule has 0 fully saturated rings. The number of halogens is 3. The summed E-state index contributed by atoms with van der Waals surface area (Å²) >= 11 is 9.16. The van der Waals surface area contributed by atoms with Crippen molar-refractivity contribution < 1.29 is 9.53 Å². The zero-order chi connectivity index (χ0) is 23.3. The molecule has 0 aliphatic heterocycles. The normalized spacial score (nSPS) is 11.1. The first kappa shape index (κ1) is 24.5. The fraction of sp³-hybridized carbons (Fsp3) is 0.120. The minimum Gasteiger partial charge on any atom is -0.487 e. The van der Waals surface area contributed by atoms with Gasteiger partial charge < -0.3 is 10.1 Å². The first-order valence-electron chi connectivity index (χ1n) is 9.63. The van der Waals surface area contributed by atoms with Gasteiger partial charge in [0.25, 0.3) is 5.91 Å². The van der Waals surface area contributed by atoms with Crippen molar-refractivity contribution in [2.75, 3.05) is 5.32 Å². The quantitative estimate of drug-likeness (QED) is 0.168. The number of hydrogen-bond donors (Lipinski definition) is 1. The predicted molar refractivity (Wildman–Crippen MR) is 143 cm³/mol. The number of carbonyl (C=O) groups is 1. The van der Waals surface area contributed by atoms with Crippen LogP contribution in [0.15, 0.2) is 69.1 Å². The molecule has 0 radical (unpaired) electrons. The van der Waals surface area contributed by atoms with Gasteiger partial charge in [0.05, 0.1) is 8.04 Å². The van der Waals surface area contributed by atoms with Crippen molar-refractivity contribution in [3.8, 4) is 11.8 Å². The lowest BCUT2D eigenvalue weighted by molar-refractivity contribution is -0.112. The number of rotatable bonds is 6. The molecule has 0 unspecified atom stereocenters. The molecule has 3 rings (SSSR count). The van der Waals surface area contributed by atoms with Gasteiger partial charge in [-0.3, -0.25) is 4.79 Å². The molecule has 1 amide bonds. The summed E-state index contributed by atoms with van der Waals surface area (Å²) in [6.45, 7) is 4.41. The average Bonchev–Trinajstić information content (AvgIpc) is 2.75. The Morgan fingerprint density at radius 1 is 1.09 bits per heavy atom. The molecule has 1 N–H and O–H groups in total. The largest absolute Gasteiger partial charge is 0.487 e. The van der Waals surface area contributed by atoms with E-state index < -0.39 is 5.91 Å². The van der Waals surface area contributed by atoms with Gasteiger partial charge in [-0.2, -0.15) is 5.26 Å². The van der Waals surface area contributed by atoms with E-state index in [-0.39, 0.29) is 5.57 Å². The highest BCUT2D eigenvalue weighted by molar-refractivity contribution is 14.1. The highest BCUT2D eigenvalue weighted by atomic mass is 127. The number of anilines is 1. The van der Waals surface area contributed by atoms with Gasteiger partial charge in [-0.05, 0) is 117 Å². The molecule has 0 atom stereocenters. The number of carbonyl (C=O) groups excluding carboxylic acids is 1.